The number of rotatable bonds is 1. The fourth-order valence-electron chi connectivity index (χ4n) is 1.28. The highest BCUT2D eigenvalue weighted by molar-refractivity contribution is 5.80. The van der Waals surface area contributed by atoms with Gasteiger partial charge in [-0.1, -0.05) is 12.2 Å². The molecule has 64 valence electrons. The number of anilines is 1. The summed E-state index contributed by atoms with van der Waals surface area (Å²) in [5, 5.41) is 3.12. The lowest BCUT2D eigenvalue weighted by molar-refractivity contribution is 0.112. The van der Waals surface area contributed by atoms with E-state index in [0.29, 0.717) is 5.56 Å². The SMILES string of the molecule is O=Cc1ccc2c(c1)C=CC=CN2. The minimum atomic E-state index is 0.701. The summed E-state index contributed by atoms with van der Waals surface area (Å²) in [6, 6.07) is 5.56. The third-order valence-electron chi connectivity index (χ3n) is 1.93. The van der Waals surface area contributed by atoms with Crippen LogP contribution in [0.15, 0.2) is 36.6 Å². The Morgan fingerprint density at radius 2 is 2.15 bits per heavy atom. The van der Waals surface area contributed by atoms with Gasteiger partial charge in [-0.15, -0.1) is 0 Å². The van der Waals surface area contributed by atoms with E-state index < -0.39 is 0 Å². The molecule has 1 aromatic rings. The Morgan fingerprint density at radius 3 is 3.00 bits per heavy atom. The summed E-state index contributed by atoms with van der Waals surface area (Å²) >= 11 is 0. The highest BCUT2D eigenvalue weighted by Gasteiger charge is 2.00. The Hall–Kier alpha value is -1.83. The number of hydrogen-bond donors (Lipinski definition) is 1. The van der Waals surface area contributed by atoms with Crippen molar-refractivity contribution in [3.63, 3.8) is 0 Å². The van der Waals surface area contributed by atoms with Crippen molar-refractivity contribution in [1.82, 2.24) is 0 Å². The van der Waals surface area contributed by atoms with Gasteiger partial charge in [-0.25, -0.2) is 0 Å². The molecule has 2 rings (SSSR count). The van der Waals surface area contributed by atoms with Crippen molar-refractivity contribution in [2.45, 2.75) is 0 Å². The zero-order valence-electron chi connectivity index (χ0n) is 7.03. The Morgan fingerprint density at radius 1 is 1.23 bits per heavy atom. The first-order valence-corrected chi connectivity index (χ1v) is 4.09. The topological polar surface area (TPSA) is 29.1 Å². The van der Waals surface area contributed by atoms with Crippen LogP contribution < -0.4 is 5.32 Å². The average Bonchev–Trinajstić information content (AvgIpc) is 2.41. The quantitative estimate of drug-likeness (QED) is 0.657. The van der Waals surface area contributed by atoms with Gasteiger partial charge in [0.1, 0.15) is 6.29 Å². The third-order valence-corrected chi connectivity index (χ3v) is 1.93. The zero-order valence-corrected chi connectivity index (χ0v) is 7.03. The van der Waals surface area contributed by atoms with Crippen LogP contribution in [-0.2, 0) is 0 Å². The van der Waals surface area contributed by atoms with Crippen molar-refractivity contribution in [2.75, 3.05) is 5.32 Å². The van der Waals surface area contributed by atoms with Gasteiger partial charge in [0.25, 0.3) is 0 Å². The molecule has 1 N–H and O–H groups in total. The van der Waals surface area contributed by atoms with E-state index in [1.54, 1.807) is 6.07 Å². The number of carbonyl (C=O) groups excluding carboxylic acids is 1. The number of benzene rings is 1. The van der Waals surface area contributed by atoms with Crippen molar-refractivity contribution in [3.05, 3.63) is 47.7 Å². The lowest BCUT2D eigenvalue weighted by atomic mass is 10.1. The maximum atomic E-state index is 10.5. The fraction of sp³-hybridized carbons (Fsp3) is 0. The minimum Gasteiger partial charge on any atom is -0.361 e. The molecule has 1 aliphatic rings. The molecule has 2 nitrogen and oxygen atoms in total. The van der Waals surface area contributed by atoms with Crippen molar-refractivity contribution >= 4 is 18.0 Å². The maximum Gasteiger partial charge on any atom is 0.150 e. The summed E-state index contributed by atoms with van der Waals surface area (Å²) in [5.41, 5.74) is 2.76. The Bertz CT molecular complexity index is 391. The van der Waals surface area contributed by atoms with Gasteiger partial charge in [-0.05, 0) is 29.8 Å². The Balaban J connectivity index is 2.51. The summed E-state index contributed by atoms with van der Waals surface area (Å²) in [5.74, 6) is 0. The molecule has 0 spiro atoms. The lowest BCUT2D eigenvalue weighted by Gasteiger charge is -2.04. The van der Waals surface area contributed by atoms with Crippen LogP contribution in [0.1, 0.15) is 15.9 Å². The molecule has 0 unspecified atom stereocenters. The zero-order chi connectivity index (χ0) is 9.10. The van der Waals surface area contributed by atoms with Crippen LogP contribution in [0.2, 0.25) is 0 Å². The van der Waals surface area contributed by atoms with Crippen molar-refractivity contribution in [3.8, 4) is 0 Å². The molecule has 0 aromatic heterocycles. The van der Waals surface area contributed by atoms with E-state index >= 15 is 0 Å². The van der Waals surface area contributed by atoms with Gasteiger partial charge in [0.15, 0.2) is 0 Å². The number of allylic oxidation sites excluding steroid dienone is 2. The van der Waals surface area contributed by atoms with E-state index in [0.717, 1.165) is 17.5 Å². The van der Waals surface area contributed by atoms with E-state index in [9.17, 15) is 4.79 Å². The monoisotopic (exact) mass is 171 g/mol. The maximum absolute atomic E-state index is 10.5. The molecule has 0 saturated heterocycles. The van der Waals surface area contributed by atoms with E-state index in [1.165, 1.54) is 0 Å². The number of carbonyl (C=O) groups is 1. The molecule has 0 saturated carbocycles. The van der Waals surface area contributed by atoms with Crippen LogP contribution in [0.3, 0.4) is 0 Å². The van der Waals surface area contributed by atoms with Gasteiger partial charge >= 0.3 is 0 Å². The second-order valence-corrected chi connectivity index (χ2v) is 2.83. The summed E-state index contributed by atoms with van der Waals surface area (Å²) < 4.78 is 0. The first-order chi connectivity index (χ1) is 6.40. The first-order valence-electron chi connectivity index (χ1n) is 4.09. The van der Waals surface area contributed by atoms with Crippen LogP contribution >= 0.6 is 0 Å². The molecule has 1 heterocycles. The van der Waals surface area contributed by atoms with Gasteiger partial charge in [0.2, 0.25) is 0 Å². The largest absolute Gasteiger partial charge is 0.361 e. The highest BCUT2D eigenvalue weighted by Crippen LogP contribution is 2.20. The lowest BCUT2D eigenvalue weighted by Crippen LogP contribution is -1.90. The normalized spacial score (nSPS) is 12.9. The number of hydrogen-bond acceptors (Lipinski definition) is 2. The number of nitrogens with one attached hydrogen (secondary N) is 1. The Labute approximate surface area is 76.6 Å². The van der Waals surface area contributed by atoms with Crippen molar-refractivity contribution < 1.29 is 4.79 Å². The molecule has 0 aliphatic carbocycles. The second kappa shape index (κ2) is 3.27. The molecular formula is C11H9NO. The molecule has 0 atom stereocenters. The standard InChI is InChI=1S/C11H9NO/c13-8-9-4-5-11-10(7-9)3-1-2-6-12-11/h1-8,12H. The van der Waals surface area contributed by atoms with E-state index in [1.807, 2.05) is 36.6 Å². The Kier molecular flexibility index (Phi) is 1.96. The molecule has 1 aromatic carbocycles. The molecule has 2 heteroatoms. The van der Waals surface area contributed by atoms with Crippen LogP contribution in [0.5, 0.6) is 0 Å². The number of aldehydes is 1. The average molecular weight is 171 g/mol. The molecule has 0 fully saturated rings. The third kappa shape index (κ3) is 1.51. The summed E-state index contributed by atoms with van der Waals surface area (Å²) in [4.78, 5) is 10.5. The minimum absolute atomic E-state index is 0.701. The van der Waals surface area contributed by atoms with E-state index in [-0.39, 0.29) is 0 Å². The number of fused-ring (bicyclic) bond motifs is 1. The fourth-order valence-corrected chi connectivity index (χ4v) is 1.28. The predicted octanol–water partition coefficient (Wildman–Crippen LogP) is 2.45. The second-order valence-electron chi connectivity index (χ2n) is 2.83. The first kappa shape index (κ1) is 7.80. The van der Waals surface area contributed by atoms with Gasteiger partial charge in [-0.3, -0.25) is 4.79 Å². The summed E-state index contributed by atoms with van der Waals surface area (Å²) in [6.45, 7) is 0. The van der Waals surface area contributed by atoms with Crippen LogP contribution in [-0.4, -0.2) is 6.29 Å². The molecule has 0 amide bonds. The molecule has 1 aliphatic heterocycles. The molecular weight excluding hydrogens is 162 g/mol. The molecule has 13 heavy (non-hydrogen) atoms. The highest BCUT2D eigenvalue weighted by atomic mass is 16.1. The van der Waals surface area contributed by atoms with Crippen LogP contribution in [0, 0.1) is 0 Å². The summed E-state index contributed by atoms with van der Waals surface area (Å²) in [7, 11) is 0. The summed E-state index contributed by atoms with van der Waals surface area (Å²) in [6.07, 6.45) is 8.54. The van der Waals surface area contributed by atoms with Gasteiger partial charge in [0.05, 0.1) is 0 Å². The van der Waals surface area contributed by atoms with Crippen molar-refractivity contribution in [1.29, 1.82) is 0 Å². The molecule has 0 bridgehead atoms. The smallest absolute Gasteiger partial charge is 0.150 e. The van der Waals surface area contributed by atoms with Gasteiger partial charge in [0, 0.05) is 17.5 Å². The van der Waals surface area contributed by atoms with Gasteiger partial charge < -0.3 is 5.32 Å². The van der Waals surface area contributed by atoms with E-state index in [4.69, 9.17) is 0 Å². The van der Waals surface area contributed by atoms with Crippen LogP contribution in [0.4, 0.5) is 5.69 Å². The van der Waals surface area contributed by atoms with E-state index in [2.05, 4.69) is 5.32 Å². The van der Waals surface area contributed by atoms with Crippen LogP contribution in [0.25, 0.3) is 6.08 Å². The van der Waals surface area contributed by atoms with Crippen molar-refractivity contribution in [2.24, 2.45) is 0 Å². The predicted molar refractivity (Wildman–Crippen MR) is 53.6 cm³/mol. The van der Waals surface area contributed by atoms with Gasteiger partial charge in [-0.2, -0.15) is 0 Å². The molecule has 0 radical (unpaired) electrons.